The minimum absolute atomic E-state index is 0.305. The first kappa shape index (κ1) is 15.3. The fourth-order valence-corrected chi connectivity index (χ4v) is 2.88. The Morgan fingerprint density at radius 1 is 1.24 bits per heavy atom. The van der Waals surface area contributed by atoms with E-state index in [0.717, 1.165) is 5.56 Å². The van der Waals surface area contributed by atoms with E-state index in [-0.39, 0.29) is 11.3 Å². The van der Waals surface area contributed by atoms with Gasteiger partial charge in [0.1, 0.15) is 5.56 Å². The van der Waals surface area contributed by atoms with Crippen LogP contribution in [0.15, 0.2) is 47.4 Å². The fourth-order valence-electron chi connectivity index (χ4n) is 1.74. The van der Waals surface area contributed by atoms with Crippen LogP contribution >= 0.6 is 23.4 Å². The van der Waals surface area contributed by atoms with E-state index in [1.807, 2.05) is 12.1 Å². The Kier molecular flexibility index (Phi) is 4.82. The molecule has 0 bridgehead atoms. The molecule has 0 aliphatic carbocycles. The maximum Gasteiger partial charge on any atom is 0.342 e. The molecule has 0 atom stereocenters. The molecule has 0 fully saturated rings. The standard InChI is InChI=1S/C14H10ClNO4S/c15-10-6-4-9(5-7-10)8-21-12-3-1-2-11(14(17)18)13(12)16(19)20/h1-7H,8H2,(H,17,18). The molecule has 0 saturated carbocycles. The van der Waals surface area contributed by atoms with Gasteiger partial charge in [-0.3, -0.25) is 10.1 Å². The molecule has 2 rings (SSSR count). The topological polar surface area (TPSA) is 80.4 Å². The van der Waals surface area contributed by atoms with Gasteiger partial charge in [-0.1, -0.05) is 29.8 Å². The van der Waals surface area contributed by atoms with Crippen molar-refractivity contribution in [1.29, 1.82) is 0 Å². The van der Waals surface area contributed by atoms with E-state index >= 15 is 0 Å². The Morgan fingerprint density at radius 3 is 2.48 bits per heavy atom. The zero-order valence-corrected chi connectivity index (χ0v) is 12.2. The summed E-state index contributed by atoms with van der Waals surface area (Å²) in [5.74, 6) is -0.822. The van der Waals surface area contributed by atoms with Gasteiger partial charge in [-0.2, -0.15) is 0 Å². The van der Waals surface area contributed by atoms with Gasteiger partial charge in [0.05, 0.1) is 9.82 Å². The number of carboxylic acid groups (broad SMARTS) is 1. The van der Waals surface area contributed by atoms with Crippen LogP contribution < -0.4 is 0 Å². The lowest BCUT2D eigenvalue weighted by atomic mass is 10.2. The predicted molar refractivity (Wildman–Crippen MR) is 81.1 cm³/mol. The van der Waals surface area contributed by atoms with E-state index in [1.165, 1.54) is 23.9 Å². The number of hydrogen-bond acceptors (Lipinski definition) is 4. The summed E-state index contributed by atoms with van der Waals surface area (Å²) in [6.45, 7) is 0. The highest BCUT2D eigenvalue weighted by molar-refractivity contribution is 7.98. The molecule has 21 heavy (non-hydrogen) atoms. The SMILES string of the molecule is O=C(O)c1cccc(SCc2ccc(Cl)cc2)c1[N+](=O)[O-]. The number of nitrogens with zero attached hydrogens (tertiary/aromatic N) is 1. The zero-order valence-electron chi connectivity index (χ0n) is 10.7. The molecule has 7 heteroatoms. The third kappa shape index (κ3) is 3.74. The molecule has 108 valence electrons. The van der Waals surface area contributed by atoms with Crippen LogP contribution in [0.4, 0.5) is 5.69 Å². The molecular formula is C14H10ClNO4S. The lowest BCUT2D eigenvalue weighted by Crippen LogP contribution is -2.03. The van der Waals surface area contributed by atoms with E-state index in [9.17, 15) is 14.9 Å². The molecule has 0 aliphatic rings. The summed E-state index contributed by atoms with van der Waals surface area (Å²) in [4.78, 5) is 21.8. The fraction of sp³-hybridized carbons (Fsp3) is 0.0714. The van der Waals surface area contributed by atoms with Crippen molar-refractivity contribution < 1.29 is 14.8 Å². The highest BCUT2D eigenvalue weighted by Gasteiger charge is 2.24. The quantitative estimate of drug-likeness (QED) is 0.505. The first-order chi connectivity index (χ1) is 9.99. The van der Waals surface area contributed by atoms with Crippen molar-refractivity contribution in [2.24, 2.45) is 0 Å². The largest absolute Gasteiger partial charge is 0.477 e. The van der Waals surface area contributed by atoms with Crippen LogP contribution in [0.25, 0.3) is 0 Å². The monoisotopic (exact) mass is 323 g/mol. The van der Waals surface area contributed by atoms with Crippen LogP contribution in [0.1, 0.15) is 15.9 Å². The Labute approximate surface area is 129 Å². The molecule has 2 aromatic rings. The van der Waals surface area contributed by atoms with Crippen LogP contribution in [-0.4, -0.2) is 16.0 Å². The predicted octanol–water partition coefficient (Wildman–Crippen LogP) is 4.24. The van der Waals surface area contributed by atoms with Gasteiger partial charge >= 0.3 is 5.97 Å². The van der Waals surface area contributed by atoms with Crippen molar-refractivity contribution in [2.75, 3.05) is 0 Å². The van der Waals surface area contributed by atoms with Gasteiger partial charge in [0, 0.05) is 10.8 Å². The second-order valence-corrected chi connectivity index (χ2v) is 5.58. The van der Waals surface area contributed by atoms with Gasteiger partial charge in [0.2, 0.25) is 0 Å². The van der Waals surface area contributed by atoms with Crippen LogP contribution in [0, 0.1) is 10.1 Å². The second-order valence-electron chi connectivity index (χ2n) is 4.13. The van der Waals surface area contributed by atoms with Crippen LogP contribution in [0.2, 0.25) is 5.02 Å². The number of halogens is 1. The Hall–Kier alpha value is -2.05. The Balaban J connectivity index is 2.27. The van der Waals surface area contributed by atoms with Crippen LogP contribution in [-0.2, 0) is 5.75 Å². The van der Waals surface area contributed by atoms with E-state index in [4.69, 9.17) is 16.7 Å². The van der Waals surface area contributed by atoms with Crippen molar-refractivity contribution in [3.8, 4) is 0 Å². The highest BCUT2D eigenvalue weighted by Crippen LogP contribution is 2.34. The van der Waals surface area contributed by atoms with E-state index in [2.05, 4.69) is 0 Å². The molecule has 0 radical (unpaired) electrons. The van der Waals surface area contributed by atoms with Gasteiger partial charge < -0.3 is 5.11 Å². The molecule has 0 saturated heterocycles. The molecule has 2 aromatic carbocycles. The van der Waals surface area contributed by atoms with Crippen LogP contribution in [0.5, 0.6) is 0 Å². The van der Waals surface area contributed by atoms with Gasteiger partial charge in [-0.05, 0) is 29.8 Å². The summed E-state index contributed by atoms with van der Waals surface area (Å²) in [5.41, 5.74) is 0.268. The second kappa shape index (κ2) is 6.60. The maximum absolute atomic E-state index is 11.1. The molecule has 0 unspecified atom stereocenters. The van der Waals surface area contributed by atoms with Gasteiger partial charge in [0.25, 0.3) is 5.69 Å². The summed E-state index contributed by atoms with van der Waals surface area (Å²) >= 11 is 7.01. The third-order valence-electron chi connectivity index (χ3n) is 2.72. The van der Waals surface area contributed by atoms with Gasteiger partial charge in [-0.25, -0.2) is 4.79 Å². The smallest absolute Gasteiger partial charge is 0.342 e. The van der Waals surface area contributed by atoms with Crippen molar-refractivity contribution in [1.82, 2.24) is 0 Å². The lowest BCUT2D eigenvalue weighted by molar-refractivity contribution is -0.388. The number of nitro benzene ring substituents is 1. The number of rotatable bonds is 5. The highest BCUT2D eigenvalue weighted by atomic mass is 35.5. The zero-order chi connectivity index (χ0) is 15.4. The van der Waals surface area contributed by atoms with Gasteiger partial charge in [0.15, 0.2) is 0 Å². The molecular weight excluding hydrogens is 314 g/mol. The van der Waals surface area contributed by atoms with Crippen molar-refractivity contribution in [2.45, 2.75) is 10.6 Å². The maximum atomic E-state index is 11.1. The molecule has 0 aliphatic heterocycles. The average Bonchev–Trinajstić information content (AvgIpc) is 2.46. The minimum atomic E-state index is -1.31. The first-order valence-corrected chi connectivity index (χ1v) is 7.23. The number of para-hydroxylation sites is 1. The number of carbonyl (C=O) groups is 1. The molecule has 0 aromatic heterocycles. The number of carboxylic acids is 1. The normalized spacial score (nSPS) is 10.3. The summed E-state index contributed by atoms with van der Waals surface area (Å²) in [7, 11) is 0. The number of aromatic carboxylic acids is 1. The summed E-state index contributed by atoms with van der Waals surface area (Å²) < 4.78 is 0. The number of benzene rings is 2. The van der Waals surface area contributed by atoms with E-state index in [0.29, 0.717) is 15.7 Å². The van der Waals surface area contributed by atoms with E-state index < -0.39 is 10.9 Å². The first-order valence-electron chi connectivity index (χ1n) is 5.87. The summed E-state index contributed by atoms with van der Waals surface area (Å²) in [6, 6.07) is 11.4. The summed E-state index contributed by atoms with van der Waals surface area (Å²) in [6.07, 6.45) is 0. The van der Waals surface area contributed by atoms with Crippen molar-refractivity contribution in [3.05, 3.63) is 68.7 Å². The van der Waals surface area contributed by atoms with Crippen LogP contribution in [0.3, 0.4) is 0 Å². The molecule has 0 spiro atoms. The molecule has 0 heterocycles. The molecule has 5 nitrogen and oxygen atoms in total. The third-order valence-corrected chi connectivity index (χ3v) is 4.09. The minimum Gasteiger partial charge on any atom is -0.477 e. The molecule has 1 N–H and O–H groups in total. The van der Waals surface area contributed by atoms with Crippen molar-refractivity contribution in [3.63, 3.8) is 0 Å². The number of hydrogen-bond donors (Lipinski definition) is 1. The number of thioether (sulfide) groups is 1. The lowest BCUT2D eigenvalue weighted by Gasteiger charge is -2.05. The van der Waals surface area contributed by atoms with Gasteiger partial charge in [-0.15, -0.1) is 11.8 Å². The van der Waals surface area contributed by atoms with Crippen molar-refractivity contribution >= 4 is 35.0 Å². The summed E-state index contributed by atoms with van der Waals surface area (Å²) in [5, 5.41) is 20.8. The Morgan fingerprint density at radius 2 is 1.90 bits per heavy atom. The average molecular weight is 324 g/mol. The number of nitro groups is 1. The Bertz CT molecular complexity index is 688. The van der Waals surface area contributed by atoms with E-state index in [1.54, 1.807) is 18.2 Å². The molecule has 0 amide bonds.